The molecule has 4 N–H and O–H groups in total. The molecule has 1 saturated carbocycles. The number of carbonyl (C=O) groups is 2. The number of nitrogens with one attached hydrogen (secondary N) is 2. The number of nitrogens with two attached hydrogens (primary N) is 1. The first kappa shape index (κ1) is 29.8. The van der Waals surface area contributed by atoms with Gasteiger partial charge >= 0.3 is 11.9 Å². The van der Waals surface area contributed by atoms with E-state index in [0.717, 1.165) is 25.7 Å². The smallest absolute Gasteiger partial charge is 0.323 e. The van der Waals surface area contributed by atoms with Gasteiger partial charge < -0.3 is 29.2 Å². The van der Waals surface area contributed by atoms with Crippen LogP contribution in [0.3, 0.4) is 0 Å². The summed E-state index contributed by atoms with van der Waals surface area (Å²) in [5.74, 6) is -0.711. The number of aromatic nitrogens is 4. The normalized spacial score (nSPS) is 15.9. The van der Waals surface area contributed by atoms with E-state index in [1.54, 1.807) is 24.7 Å². The van der Waals surface area contributed by atoms with Crippen LogP contribution in [0.5, 0.6) is 5.88 Å². The van der Waals surface area contributed by atoms with Crippen molar-refractivity contribution in [3.63, 3.8) is 0 Å². The second-order valence-electron chi connectivity index (χ2n) is 9.00. The second kappa shape index (κ2) is 13.8. The number of nitrogens with zero attached hydrogens (tertiary/aromatic N) is 4. The lowest BCUT2D eigenvalue weighted by atomic mass is 10.3. The summed E-state index contributed by atoms with van der Waals surface area (Å²) in [5.41, 5.74) is 6.93. The number of rotatable bonds is 15. The summed E-state index contributed by atoms with van der Waals surface area (Å²) < 4.78 is 37.1. The molecular weight excluding hydrogens is 517 g/mol. The van der Waals surface area contributed by atoms with E-state index < -0.39 is 31.5 Å². The van der Waals surface area contributed by atoms with Gasteiger partial charge in [-0.1, -0.05) is 0 Å². The fourth-order valence-corrected chi connectivity index (χ4v) is 6.15. The highest BCUT2D eigenvalue weighted by molar-refractivity contribution is 7.59. The molecule has 0 saturated heterocycles. The molecule has 1 aliphatic rings. The van der Waals surface area contributed by atoms with E-state index in [1.165, 1.54) is 13.8 Å². The van der Waals surface area contributed by atoms with Gasteiger partial charge in [0.15, 0.2) is 11.2 Å². The fraction of sp³-hybridized carbons (Fsp3) is 0.696. The van der Waals surface area contributed by atoms with Gasteiger partial charge in [0.1, 0.15) is 24.5 Å². The molecular formula is C23H38N7O7P. The molecule has 0 spiro atoms. The molecule has 212 valence electrons. The van der Waals surface area contributed by atoms with Gasteiger partial charge in [-0.3, -0.25) is 14.2 Å². The highest BCUT2D eigenvalue weighted by Crippen LogP contribution is 2.37. The summed E-state index contributed by atoms with van der Waals surface area (Å²) in [6, 6.07) is -1.80. The van der Waals surface area contributed by atoms with Crippen molar-refractivity contribution in [3.05, 3.63) is 6.33 Å². The zero-order chi connectivity index (χ0) is 27.7. The largest absolute Gasteiger partial charge is 0.473 e. The third-order valence-corrected chi connectivity index (χ3v) is 8.02. The molecule has 3 rings (SSSR count). The Hall–Kier alpha value is -2.80. The first-order chi connectivity index (χ1) is 18.2. The number of esters is 2. The van der Waals surface area contributed by atoms with E-state index in [4.69, 9.17) is 24.7 Å². The van der Waals surface area contributed by atoms with E-state index in [2.05, 4.69) is 25.1 Å². The van der Waals surface area contributed by atoms with Crippen LogP contribution in [-0.2, 0) is 34.9 Å². The van der Waals surface area contributed by atoms with Crippen LogP contribution in [0.2, 0.25) is 0 Å². The predicted molar refractivity (Wildman–Crippen MR) is 140 cm³/mol. The number of nitrogen functional groups attached to an aromatic ring is 1. The van der Waals surface area contributed by atoms with Crippen LogP contribution in [0.25, 0.3) is 11.2 Å². The summed E-state index contributed by atoms with van der Waals surface area (Å²) in [5, 5.41) is 5.49. The first-order valence-corrected chi connectivity index (χ1v) is 14.8. The average Bonchev–Trinajstić information content (AvgIpc) is 3.52. The summed E-state index contributed by atoms with van der Waals surface area (Å²) in [6.45, 7) is 7.20. The molecule has 1 fully saturated rings. The van der Waals surface area contributed by atoms with E-state index in [9.17, 15) is 14.2 Å². The van der Waals surface area contributed by atoms with Crippen molar-refractivity contribution in [2.24, 2.45) is 0 Å². The van der Waals surface area contributed by atoms with E-state index in [0.29, 0.717) is 23.6 Å². The van der Waals surface area contributed by atoms with Gasteiger partial charge in [-0.2, -0.15) is 9.97 Å². The van der Waals surface area contributed by atoms with Gasteiger partial charge in [-0.25, -0.2) is 15.2 Å². The topological polar surface area (TPSA) is 182 Å². The molecule has 14 nitrogen and oxygen atoms in total. The third kappa shape index (κ3) is 8.10. The Morgan fingerprint density at radius 2 is 1.71 bits per heavy atom. The zero-order valence-corrected chi connectivity index (χ0v) is 23.2. The van der Waals surface area contributed by atoms with E-state index >= 15 is 0 Å². The fourth-order valence-electron chi connectivity index (χ4n) is 4.08. The quantitative estimate of drug-likeness (QED) is 0.165. The highest BCUT2D eigenvalue weighted by atomic mass is 31.2. The number of ether oxygens (including phenoxy) is 4. The third-order valence-electron chi connectivity index (χ3n) is 5.86. The average molecular weight is 556 g/mol. The van der Waals surface area contributed by atoms with Crippen molar-refractivity contribution >= 4 is 36.5 Å². The standard InChI is InChI=1S/C23H38N7O7P/c1-5-35-21(31)15(3)28-38(33,29-16(4)22(32)36-6-2)14-34-12-11-30-13-25-18-19(30)26-23(24)27-20(18)37-17-9-7-8-10-17/h13,15-17H,5-12,14H2,1-4H3,(H2,24,26,27)(H2,28,29,33)/t15-,16-/m0/s1. The van der Waals surface area contributed by atoms with Crippen LogP contribution < -0.4 is 20.6 Å². The van der Waals surface area contributed by atoms with Crippen LogP contribution in [0, 0.1) is 0 Å². The lowest BCUT2D eigenvalue weighted by Crippen LogP contribution is -2.42. The molecule has 0 aliphatic heterocycles. The molecule has 1 aliphatic carbocycles. The van der Waals surface area contributed by atoms with Gasteiger partial charge in [0.05, 0.1) is 26.1 Å². The van der Waals surface area contributed by atoms with E-state index in [-0.39, 0.29) is 38.2 Å². The summed E-state index contributed by atoms with van der Waals surface area (Å²) in [4.78, 5) is 37.1. The summed E-state index contributed by atoms with van der Waals surface area (Å²) >= 11 is 0. The van der Waals surface area contributed by atoms with Crippen LogP contribution >= 0.6 is 7.44 Å². The number of imidazole rings is 1. The van der Waals surface area contributed by atoms with Gasteiger partial charge in [0, 0.05) is 6.54 Å². The van der Waals surface area contributed by atoms with Crippen molar-refractivity contribution in [1.29, 1.82) is 0 Å². The Balaban J connectivity index is 1.65. The van der Waals surface area contributed by atoms with E-state index in [1.807, 2.05) is 0 Å². The maximum Gasteiger partial charge on any atom is 0.323 e. The van der Waals surface area contributed by atoms with Gasteiger partial charge in [0.2, 0.25) is 19.3 Å². The Bertz CT molecular complexity index is 1110. The maximum atomic E-state index is 13.6. The summed E-state index contributed by atoms with van der Waals surface area (Å²) in [7, 11) is -3.59. The monoisotopic (exact) mass is 555 g/mol. The van der Waals surface area contributed by atoms with Crippen molar-refractivity contribution in [1.82, 2.24) is 29.7 Å². The van der Waals surface area contributed by atoms with Crippen LogP contribution in [0.4, 0.5) is 5.95 Å². The molecule has 38 heavy (non-hydrogen) atoms. The van der Waals surface area contributed by atoms with Crippen molar-refractivity contribution in [2.75, 3.05) is 31.9 Å². The molecule has 0 radical (unpaired) electrons. The minimum Gasteiger partial charge on any atom is -0.473 e. The molecule has 0 bridgehead atoms. The number of hydrogen-bond acceptors (Lipinski definition) is 11. The molecule has 15 heteroatoms. The Labute approximate surface area is 221 Å². The van der Waals surface area contributed by atoms with Crippen molar-refractivity contribution in [2.45, 2.75) is 78.1 Å². The lowest BCUT2D eigenvalue weighted by Gasteiger charge is -2.26. The minimum absolute atomic E-state index is 0.0759. The van der Waals surface area contributed by atoms with Crippen molar-refractivity contribution in [3.8, 4) is 5.88 Å². The summed E-state index contributed by atoms with van der Waals surface area (Å²) in [6.07, 6.45) is 5.53. The SMILES string of the molecule is CCOC(=O)[C@H](C)NP(=O)(COCCn1cnc2c(OC3CCCC3)nc(N)nc21)N[C@@H](C)C(=O)OCC. The van der Waals surface area contributed by atoms with Crippen LogP contribution in [0.15, 0.2) is 6.33 Å². The van der Waals surface area contributed by atoms with Crippen LogP contribution in [-0.4, -0.2) is 75.8 Å². The van der Waals surface area contributed by atoms with Crippen molar-refractivity contribution < 1.29 is 33.1 Å². The zero-order valence-electron chi connectivity index (χ0n) is 22.3. The molecule has 2 aromatic rings. The van der Waals surface area contributed by atoms with Gasteiger partial charge in [-0.05, 0) is 53.4 Å². The number of anilines is 1. The molecule has 0 unspecified atom stereocenters. The molecule has 2 aromatic heterocycles. The number of hydrogen-bond donors (Lipinski definition) is 3. The van der Waals surface area contributed by atoms with Crippen LogP contribution in [0.1, 0.15) is 53.4 Å². The minimum atomic E-state index is -3.59. The molecule has 0 amide bonds. The van der Waals surface area contributed by atoms with Gasteiger partial charge in [0.25, 0.3) is 0 Å². The molecule has 2 atom stereocenters. The lowest BCUT2D eigenvalue weighted by molar-refractivity contribution is -0.145. The molecule has 0 aromatic carbocycles. The maximum absolute atomic E-state index is 13.6. The number of fused-ring (bicyclic) bond motifs is 1. The predicted octanol–water partition coefficient (Wildman–Crippen LogP) is 1.98. The Kier molecular flexibility index (Phi) is 10.8. The number of carbonyl (C=O) groups excluding carboxylic acids is 2. The molecule has 2 heterocycles. The second-order valence-corrected chi connectivity index (χ2v) is 11.3. The first-order valence-electron chi connectivity index (χ1n) is 12.9. The van der Waals surface area contributed by atoms with Gasteiger partial charge in [-0.15, -0.1) is 0 Å². The Morgan fingerprint density at radius 1 is 1.11 bits per heavy atom. The Morgan fingerprint density at radius 3 is 2.29 bits per heavy atom. The highest BCUT2D eigenvalue weighted by Gasteiger charge is 2.32.